The predicted molar refractivity (Wildman–Crippen MR) is 144 cm³/mol. The van der Waals surface area contributed by atoms with Crippen LogP contribution in [0.1, 0.15) is 71.5 Å². The highest BCUT2D eigenvalue weighted by molar-refractivity contribution is 5.89. The number of nitrogens with one attached hydrogen (secondary N) is 2. The maximum Gasteiger partial charge on any atom is 0.265 e. The van der Waals surface area contributed by atoms with Crippen molar-refractivity contribution in [2.75, 3.05) is 20.1 Å². The average Bonchev–Trinajstić information content (AvgIpc) is 3.25. The maximum absolute atomic E-state index is 12.9. The summed E-state index contributed by atoms with van der Waals surface area (Å²) in [5.41, 5.74) is 5.49. The van der Waals surface area contributed by atoms with Crippen LogP contribution in [0.2, 0.25) is 0 Å². The number of likely N-dealkylation sites (tertiary alicyclic amines) is 1. The van der Waals surface area contributed by atoms with Gasteiger partial charge >= 0.3 is 0 Å². The molecule has 4 aliphatic heterocycles. The third-order valence-corrected chi connectivity index (χ3v) is 6.76. The molecule has 0 spiro atoms. The number of nitrogens with zero attached hydrogens (tertiary/aromatic N) is 5. The van der Waals surface area contributed by atoms with Crippen molar-refractivity contribution < 1.29 is 4.79 Å². The van der Waals surface area contributed by atoms with E-state index >= 15 is 0 Å². The Balaban J connectivity index is 0.000000815. The highest BCUT2D eigenvalue weighted by Crippen LogP contribution is 2.29. The van der Waals surface area contributed by atoms with Gasteiger partial charge in [0.15, 0.2) is 6.29 Å². The molecule has 8 nitrogen and oxygen atoms in total. The molecule has 0 radical (unpaired) electrons. The Hall–Kier alpha value is -2.55. The number of carbonyl (C=O) groups excluding carboxylic acids is 1. The van der Waals surface area contributed by atoms with E-state index in [1.54, 1.807) is 17.4 Å². The summed E-state index contributed by atoms with van der Waals surface area (Å²) in [6.07, 6.45) is 10.8. The van der Waals surface area contributed by atoms with Crippen molar-refractivity contribution >= 4 is 18.5 Å². The summed E-state index contributed by atoms with van der Waals surface area (Å²) < 4.78 is 0. The molecule has 35 heavy (non-hydrogen) atoms. The number of hydrazine groups is 1. The highest BCUT2D eigenvalue weighted by Gasteiger charge is 2.42. The Labute approximate surface area is 211 Å². The van der Waals surface area contributed by atoms with E-state index in [1.165, 1.54) is 19.3 Å². The van der Waals surface area contributed by atoms with Gasteiger partial charge in [0.2, 0.25) is 0 Å². The maximum atomic E-state index is 12.9. The molecule has 0 bridgehead atoms. The Morgan fingerprint density at radius 2 is 1.86 bits per heavy atom. The molecule has 1 aromatic carbocycles. The van der Waals surface area contributed by atoms with Crippen LogP contribution in [-0.4, -0.2) is 71.8 Å². The van der Waals surface area contributed by atoms with Crippen LogP contribution in [0.5, 0.6) is 0 Å². The number of rotatable bonds is 5. The van der Waals surface area contributed by atoms with Crippen molar-refractivity contribution in [3.8, 4) is 0 Å². The lowest BCUT2D eigenvalue weighted by Gasteiger charge is -2.39. The molecule has 4 heterocycles. The zero-order valence-corrected chi connectivity index (χ0v) is 22.0. The fourth-order valence-electron chi connectivity index (χ4n) is 5.08. The number of carbonyl (C=O) groups is 1. The van der Waals surface area contributed by atoms with Crippen molar-refractivity contribution in [1.82, 2.24) is 25.6 Å². The first-order valence-corrected chi connectivity index (χ1v) is 13.3. The first-order valence-electron chi connectivity index (χ1n) is 13.3. The molecule has 1 aromatic rings. The van der Waals surface area contributed by atoms with E-state index in [0.717, 1.165) is 37.2 Å². The van der Waals surface area contributed by atoms with Crippen molar-refractivity contribution in [3.05, 3.63) is 47.7 Å². The molecule has 0 aliphatic carbocycles. The van der Waals surface area contributed by atoms with E-state index in [0.29, 0.717) is 12.1 Å². The number of hydrogen-bond donors (Lipinski definition) is 2. The van der Waals surface area contributed by atoms with E-state index < -0.39 is 0 Å². The van der Waals surface area contributed by atoms with Gasteiger partial charge in [0, 0.05) is 37.0 Å². The van der Waals surface area contributed by atoms with Gasteiger partial charge in [0.25, 0.3) is 5.91 Å². The summed E-state index contributed by atoms with van der Waals surface area (Å²) >= 11 is 0. The third-order valence-electron chi connectivity index (χ3n) is 6.76. The second-order valence-electron chi connectivity index (χ2n) is 8.85. The van der Waals surface area contributed by atoms with Crippen LogP contribution in [0.25, 0.3) is 0 Å². The standard InChI is InChI=1S/C23H31N7O.2C2H6/c1-28-22(17-7-3-2-4-8-17)27-30-21(31)14-19(26-23(28)30)15-29-12-6-5-9-20(29)13-18-10-11-24-16-25-18;2*1-2/h2-4,7-8,11,14,16,18,20,22-23,26-27H,5-6,9-10,12-13,15H2,1H3;2*1-2H3. The van der Waals surface area contributed by atoms with Crippen LogP contribution in [0, 0.1) is 0 Å². The number of fused-ring (bicyclic) bond motifs is 1. The largest absolute Gasteiger partial charge is 0.354 e. The topological polar surface area (TPSA) is 75.6 Å². The minimum atomic E-state index is -0.194. The van der Waals surface area contributed by atoms with Gasteiger partial charge < -0.3 is 5.32 Å². The molecule has 4 unspecified atom stereocenters. The molecule has 1 amide bonds. The van der Waals surface area contributed by atoms with E-state index in [4.69, 9.17) is 0 Å². The summed E-state index contributed by atoms with van der Waals surface area (Å²) in [4.78, 5) is 26.3. The lowest BCUT2D eigenvalue weighted by molar-refractivity contribution is -0.132. The van der Waals surface area contributed by atoms with Crippen LogP contribution in [0.3, 0.4) is 0 Å². The zero-order valence-electron chi connectivity index (χ0n) is 22.0. The molecule has 0 saturated carbocycles. The van der Waals surface area contributed by atoms with Gasteiger partial charge in [-0.05, 0) is 38.4 Å². The second-order valence-corrected chi connectivity index (χ2v) is 8.85. The van der Waals surface area contributed by atoms with Gasteiger partial charge in [0.1, 0.15) is 12.5 Å². The van der Waals surface area contributed by atoms with Crippen molar-refractivity contribution in [2.45, 2.75) is 84.3 Å². The van der Waals surface area contributed by atoms with Crippen LogP contribution in [0.4, 0.5) is 0 Å². The SMILES string of the molecule is CC.CC.CN1C(c2ccccc2)NN2C(=O)C=C(CN3CCCCC3CC3CC=NC=N3)NC21. The van der Waals surface area contributed by atoms with Crippen molar-refractivity contribution in [3.63, 3.8) is 0 Å². The Kier molecular flexibility index (Phi) is 10.4. The zero-order chi connectivity index (χ0) is 25.2. The predicted octanol–water partition coefficient (Wildman–Crippen LogP) is 3.90. The summed E-state index contributed by atoms with van der Waals surface area (Å²) in [5.74, 6) is 0.00526. The fourth-order valence-corrected chi connectivity index (χ4v) is 5.08. The molecule has 8 heteroatoms. The molecular formula is C27H43N7O. The van der Waals surface area contributed by atoms with E-state index in [9.17, 15) is 4.79 Å². The van der Waals surface area contributed by atoms with Crippen LogP contribution < -0.4 is 10.7 Å². The van der Waals surface area contributed by atoms with Gasteiger partial charge in [-0.1, -0.05) is 64.4 Å². The normalized spacial score (nSPS) is 28.2. The van der Waals surface area contributed by atoms with Gasteiger partial charge in [-0.2, -0.15) is 0 Å². The van der Waals surface area contributed by atoms with Gasteiger partial charge in [0.05, 0.1) is 6.04 Å². The molecule has 5 rings (SSSR count). The molecule has 2 saturated heterocycles. The first-order chi connectivity index (χ1) is 17.2. The monoisotopic (exact) mass is 481 g/mol. The number of hydrogen-bond acceptors (Lipinski definition) is 7. The minimum Gasteiger partial charge on any atom is -0.354 e. The van der Waals surface area contributed by atoms with E-state index in [-0.39, 0.29) is 18.4 Å². The third kappa shape index (κ3) is 6.57. The van der Waals surface area contributed by atoms with Gasteiger partial charge in [-0.25, -0.2) is 20.3 Å². The van der Waals surface area contributed by atoms with Crippen LogP contribution in [-0.2, 0) is 4.79 Å². The quantitative estimate of drug-likeness (QED) is 0.667. The molecule has 2 fully saturated rings. The Morgan fingerprint density at radius 1 is 1.09 bits per heavy atom. The minimum absolute atomic E-state index is 0.00526. The van der Waals surface area contributed by atoms with Crippen LogP contribution >= 0.6 is 0 Å². The average molecular weight is 482 g/mol. The van der Waals surface area contributed by atoms with E-state index in [2.05, 4.69) is 42.7 Å². The van der Waals surface area contributed by atoms with Gasteiger partial charge in [-0.3, -0.25) is 14.7 Å². The van der Waals surface area contributed by atoms with Gasteiger partial charge in [-0.15, -0.1) is 0 Å². The number of benzene rings is 1. The molecule has 192 valence electrons. The smallest absolute Gasteiger partial charge is 0.265 e. The molecular weight excluding hydrogens is 438 g/mol. The van der Waals surface area contributed by atoms with Crippen molar-refractivity contribution in [1.29, 1.82) is 0 Å². The number of aliphatic imine (C=N–C) groups is 2. The van der Waals surface area contributed by atoms with E-state index in [1.807, 2.05) is 59.2 Å². The molecule has 2 N–H and O–H groups in total. The summed E-state index contributed by atoms with van der Waals surface area (Å²) in [6, 6.07) is 11.1. The fraction of sp³-hybridized carbons (Fsp3) is 0.593. The summed E-state index contributed by atoms with van der Waals surface area (Å²) in [5, 5.41) is 5.30. The highest BCUT2D eigenvalue weighted by atomic mass is 16.2. The number of amides is 1. The first kappa shape index (κ1) is 27.0. The summed E-state index contributed by atoms with van der Waals surface area (Å²) in [7, 11) is 2.05. The van der Waals surface area contributed by atoms with Crippen molar-refractivity contribution in [2.24, 2.45) is 9.98 Å². The summed E-state index contributed by atoms with van der Waals surface area (Å²) in [6.45, 7) is 9.84. The molecule has 0 aromatic heterocycles. The Morgan fingerprint density at radius 3 is 2.57 bits per heavy atom. The molecule has 4 aliphatic rings. The second kappa shape index (κ2) is 13.5. The van der Waals surface area contributed by atoms with Crippen LogP contribution in [0.15, 0.2) is 52.1 Å². The lowest BCUT2D eigenvalue weighted by Crippen LogP contribution is -2.56. The molecule has 4 atom stereocenters. The number of piperidine rings is 1. The lowest BCUT2D eigenvalue weighted by atomic mass is 9.94. The Bertz CT molecular complexity index is 885.